The number of piperidine rings is 1. The fourth-order valence-corrected chi connectivity index (χ4v) is 3.94. The zero-order chi connectivity index (χ0) is 20.5. The Balaban J connectivity index is 1.23. The Morgan fingerprint density at radius 2 is 1.83 bits per heavy atom. The molecule has 4 aromatic rings. The van der Waals surface area contributed by atoms with E-state index in [0.717, 1.165) is 35.2 Å². The number of ether oxygens (including phenoxy) is 1. The number of aryl methyl sites for hydroxylation is 1. The van der Waals surface area contributed by atoms with Crippen LogP contribution in [0.3, 0.4) is 0 Å². The lowest BCUT2D eigenvalue weighted by Gasteiger charge is -2.31. The predicted octanol–water partition coefficient (Wildman–Crippen LogP) is 3.44. The van der Waals surface area contributed by atoms with Gasteiger partial charge in [-0.25, -0.2) is 0 Å². The van der Waals surface area contributed by atoms with E-state index < -0.39 is 0 Å². The van der Waals surface area contributed by atoms with E-state index in [-0.39, 0.29) is 12.0 Å². The average molecular weight is 401 g/mol. The molecular formula is C23H23N5O2. The van der Waals surface area contributed by atoms with Gasteiger partial charge in [0.05, 0.1) is 17.4 Å². The molecule has 1 saturated heterocycles. The molecule has 2 aromatic carbocycles. The molecule has 0 spiro atoms. The first kappa shape index (κ1) is 18.4. The molecule has 0 radical (unpaired) electrons. The normalized spacial score (nSPS) is 14.9. The average Bonchev–Trinajstić information content (AvgIpc) is 3.43. The molecule has 1 amide bonds. The number of carbonyl (C=O) groups is 1. The van der Waals surface area contributed by atoms with E-state index in [9.17, 15) is 4.79 Å². The summed E-state index contributed by atoms with van der Waals surface area (Å²) >= 11 is 0. The van der Waals surface area contributed by atoms with Crippen LogP contribution in [0.4, 0.5) is 0 Å². The molecule has 1 fully saturated rings. The maximum absolute atomic E-state index is 12.9. The van der Waals surface area contributed by atoms with Crippen LogP contribution in [-0.4, -0.2) is 49.6 Å². The Hall–Kier alpha value is -3.61. The largest absolute Gasteiger partial charge is 0.490 e. The van der Waals surface area contributed by atoms with Crippen LogP contribution in [0.1, 0.15) is 23.3 Å². The predicted molar refractivity (Wildman–Crippen MR) is 114 cm³/mol. The van der Waals surface area contributed by atoms with Gasteiger partial charge >= 0.3 is 0 Å². The summed E-state index contributed by atoms with van der Waals surface area (Å²) < 4.78 is 8.38. The maximum atomic E-state index is 12.9. The lowest BCUT2D eigenvalue weighted by molar-refractivity contribution is 0.0592. The number of likely N-dealkylation sites (tertiary alicyclic amines) is 1. The molecule has 0 unspecified atom stereocenters. The molecule has 7 heteroatoms. The van der Waals surface area contributed by atoms with E-state index >= 15 is 0 Å². The van der Waals surface area contributed by atoms with Gasteiger partial charge in [-0.05, 0) is 30.3 Å². The Morgan fingerprint density at radius 3 is 2.63 bits per heavy atom. The summed E-state index contributed by atoms with van der Waals surface area (Å²) in [6.07, 6.45) is 5.26. The van der Waals surface area contributed by atoms with Gasteiger partial charge in [0.2, 0.25) is 0 Å². The van der Waals surface area contributed by atoms with Crippen molar-refractivity contribution in [2.75, 3.05) is 13.1 Å². The Labute approximate surface area is 174 Å². The van der Waals surface area contributed by atoms with Crippen LogP contribution in [-0.2, 0) is 7.05 Å². The Morgan fingerprint density at radius 1 is 1.03 bits per heavy atom. The minimum absolute atomic E-state index is 0.0826. The summed E-state index contributed by atoms with van der Waals surface area (Å²) in [7, 11) is 2.03. The molecule has 5 rings (SSSR count). The third-order valence-corrected chi connectivity index (χ3v) is 5.61. The van der Waals surface area contributed by atoms with Gasteiger partial charge in [0, 0.05) is 44.6 Å². The van der Waals surface area contributed by atoms with E-state index in [0.29, 0.717) is 18.8 Å². The summed E-state index contributed by atoms with van der Waals surface area (Å²) in [4.78, 5) is 16.2. The van der Waals surface area contributed by atoms with Crippen LogP contribution in [0, 0.1) is 0 Å². The zero-order valence-electron chi connectivity index (χ0n) is 16.8. The van der Waals surface area contributed by atoms with Gasteiger partial charge < -0.3 is 14.2 Å². The topological polar surface area (TPSA) is 65.2 Å². The molecule has 3 heterocycles. The summed E-state index contributed by atoms with van der Waals surface area (Å²) in [5, 5.41) is 9.72. The number of hydrogen-bond acceptors (Lipinski definition) is 4. The van der Waals surface area contributed by atoms with E-state index in [1.807, 2.05) is 60.6 Å². The quantitative estimate of drug-likeness (QED) is 0.525. The molecule has 0 bridgehead atoms. The number of nitrogens with zero attached hydrogens (tertiary/aromatic N) is 5. The highest BCUT2D eigenvalue weighted by molar-refractivity contribution is 5.92. The lowest BCUT2D eigenvalue weighted by Crippen LogP contribution is -2.42. The van der Waals surface area contributed by atoms with Crippen molar-refractivity contribution in [1.82, 2.24) is 24.5 Å². The molecule has 30 heavy (non-hydrogen) atoms. The number of benzene rings is 2. The van der Waals surface area contributed by atoms with Gasteiger partial charge in [0.25, 0.3) is 5.91 Å². The Kier molecular flexibility index (Phi) is 4.71. The summed E-state index contributed by atoms with van der Waals surface area (Å²) in [5.74, 6) is 0.824. The zero-order valence-corrected chi connectivity index (χ0v) is 16.8. The number of amides is 1. The van der Waals surface area contributed by atoms with Crippen molar-refractivity contribution in [3.8, 4) is 11.4 Å². The number of aromatic nitrogens is 4. The molecule has 7 nitrogen and oxygen atoms in total. The third-order valence-electron chi connectivity index (χ3n) is 5.61. The summed E-state index contributed by atoms with van der Waals surface area (Å²) in [6, 6.07) is 17.8. The van der Waals surface area contributed by atoms with E-state index in [4.69, 9.17) is 4.74 Å². The monoisotopic (exact) mass is 401 g/mol. The first-order valence-electron chi connectivity index (χ1n) is 10.2. The van der Waals surface area contributed by atoms with Crippen molar-refractivity contribution in [1.29, 1.82) is 0 Å². The molecule has 0 N–H and O–H groups in total. The molecule has 152 valence electrons. The molecule has 1 aliphatic rings. The Bertz CT molecular complexity index is 1170. The van der Waals surface area contributed by atoms with Crippen LogP contribution in [0.15, 0.2) is 67.0 Å². The smallest absolute Gasteiger partial charge is 0.276 e. The second-order valence-electron chi connectivity index (χ2n) is 7.58. The number of hydrogen-bond donors (Lipinski definition) is 0. The summed E-state index contributed by atoms with van der Waals surface area (Å²) in [6.45, 7) is 1.29. The highest BCUT2D eigenvalue weighted by Crippen LogP contribution is 2.28. The van der Waals surface area contributed by atoms with Crippen molar-refractivity contribution in [3.63, 3.8) is 0 Å². The van der Waals surface area contributed by atoms with E-state index in [1.54, 1.807) is 0 Å². The second kappa shape index (κ2) is 7.67. The fourth-order valence-electron chi connectivity index (χ4n) is 3.94. The maximum Gasteiger partial charge on any atom is 0.276 e. The number of para-hydroxylation sites is 1. The van der Waals surface area contributed by atoms with Gasteiger partial charge in [-0.15, -0.1) is 5.10 Å². The molecule has 0 atom stereocenters. The van der Waals surface area contributed by atoms with Gasteiger partial charge in [-0.3, -0.25) is 4.79 Å². The van der Waals surface area contributed by atoms with Crippen LogP contribution in [0.25, 0.3) is 16.6 Å². The molecule has 0 aliphatic carbocycles. The SMILES string of the molecule is Cn1ccc2c(OC3CCN(C(=O)c4cnn(-c5ccccc5)n4)CC3)cccc21. The van der Waals surface area contributed by atoms with Crippen LogP contribution >= 0.6 is 0 Å². The molecule has 0 saturated carbocycles. The molecule has 1 aliphatic heterocycles. The first-order chi connectivity index (χ1) is 14.7. The summed E-state index contributed by atoms with van der Waals surface area (Å²) in [5.41, 5.74) is 2.35. The second-order valence-corrected chi connectivity index (χ2v) is 7.58. The van der Waals surface area contributed by atoms with Gasteiger partial charge in [-0.1, -0.05) is 24.3 Å². The van der Waals surface area contributed by atoms with Crippen LogP contribution in [0.2, 0.25) is 0 Å². The van der Waals surface area contributed by atoms with Crippen molar-refractivity contribution >= 4 is 16.8 Å². The molecular weight excluding hydrogens is 378 g/mol. The number of carbonyl (C=O) groups excluding carboxylic acids is 1. The standard InChI is InChI=1S/C23H23N5O2/c1-26-13-12-19-21(26)8-5-9-22(19)30-18-10-14-27(15-11-18)23(29)20-16-24-28(25-20)17-6-3-2-4-7-17/h2-9,12-13,16,18H,10-11,14-15H2,1H3. The van der Waals surface area contributed by atoms with Crippen molar-refractivity contribution in [2.24, 2.45) is 7.05 Å². The van der Waals surface area contributed by atoms with Crippen molar-refractivity contribution < 1.29 is 9.53 Å². The number of rotatable bonds is 4. The first-order valence-corrected chi connectivity index (χ1v) is 10.2. The fraction of sp³-hybridized carbons (Fsp3) is 0.261. The lowest BCUT2D eigenvalue weighted by atomic mass is 10.1. The van der Waals surface area contributed by atoms with Crippen molar-refractivity contribution in [3.05, 3.63) is 72.7 Å². The number of fused-ring (bicyclic) bond motifs is 1. The van der Waals surface area contributed by atoms with Crippen LogP contribution < -0.4 is 4.74 Å². The third kappa shape index (κ3) is 3.43. The van der Waals surface area contributed by atoms with Gasteiger partial charge in [0.15, 0.2) is 5.69 Å². The minimum atomic E-state index is -0.0826. The minimum Gasteiger partial charge on any atom is -0.490 e. The van der Waals surface area contributed by atoms with Gasteiger partial charge in [0.1, 0.15) is 11.9 Å². The highest BCUT2D eigenvalue weighted by atomic mass is 16.5. The highest BCUT2D eigenvalue weighted by Gasteiger charge is 2.26. The van der Waals surface area contributed by atoms with Crippen molar-refractivity contribution in [2.45, 2.75) is 18.9 Å². The van der Waals surface area contributed by atoms with E-state index in [2.05, 4.69) is 26.9 Å². The van der Waals surface area contributed by atoms with Gasteiger partial charge in [-0.2, -0.15) is 9.90 Å². The van der Waals surface area contributed by atoms with Crippen LogP contribution in [0.5, 0.6) is 5.75 Å². The van der Waals surface area contributed by atoms with E-state index in [1.165, 1.54) is 11.0 Å². The molecule has 2 aromatic heterocycles.